The molecule has 2 amide bonds. The quantitative estimate of drug-likeness (QED) is 0.150. The summed E-state index contributed by atoms with van der Waals surface area (Å²) in [6.07, 6.45) is 1.34. The standard InChI is InChI=1S/C27H35N5O5S.2C2H4O2/c1-18(33)20-9-12-32(13-10-20)27(35)22(15-19-4-2-5-21(14-19)26(29)30)17-38(36,37)24-7-3-6-23(16-24)31-25(34)8-11-28;2*1-2(3)4/h2-7,14,16,20,22H,8-13,15,17,28H2,1H3,(H3,29,30)(H,31,34);2*1H3,(H,3,4)/t22-;;/m1../s1. The van der Waals surface area contributed by atoms with Crippen LogP contribution in [0.2, 0.25) is 0 Å². The molecule has 1 heterocycles. The van der Waals surface area contributed by atoms with Crippen molar-refractivity contribution in [1.82, 2.24) is 4.90 Å². The number of aliphatic carboxylic acids is 2. The number of carbonyl (C=O) groups excluding carboxylic acids is 3. The highest BCUT2D eigenvalue weighted by molar-refractivity contribution is 7.91. The fourth-order valence-corrected chi connectivity index (χ4v) is 6.19. The Kier molecular flexibility index (Phi) is 16.3. The van der Waals surface area contributed by atoms with Gasteiger partial charge < -0.3 is 31.9 Å². The minimum atomic E-state index is -3.93. The Morgan fingerprint density at radius 3 is 2.07 bits per heavy atom. The molecule has 1 saturated heterocycles. The molecule has 2 aromatic carbocycles. The van der Waals surface area contributed by atoms with Gasteiger partial charge in [-0.15, -0.1) is 0 Å². The molecule has 46 heavy (non-hydrogen) atoms. The number of likely N-dealkylation sites (tertiary alicyclic amines) is 1. The Labute approximate surface area is 268 Å². The number of carbonyl (C=O) groups is 5. The lowest BCUT2D eigenvalue weighted by molar-refractivity contribution is -0.138. The van der Waals surface area contributed by atoms with E-state index in [-0.39, 0.29) is 53.6 Å². The summed E-state index contributed by atoms with van der Waals surface area (Å²) in [5.41, 5.74) is 12.5. The number of Topliss-reactive ketones (excluding diaryl/α,β-unsaturated/α-hetero) is 1. The second-order valence-corrected chi connectivity index (χ2v) is 12.7. The minimum Gasteiger partial charge on any atom is -0.481 e. The van der Waals surface area contributed by atoms with E-state index in [9.17, 15) is 22.8 Å². The zero-order valence-corrected chi connectivity index (χ0v) is 27.0. The Bertz CT molecular complexity index is 1480. The SMILES string of the molecule is CC(=O)C1CCN(C(=O)[C@H](Cc2cccc(C(=N)N)c2)CS(=O)(=O)c2cccc(NC(=O)CCN)c2)CC1.CC(=O)O.CC(=O)O. The van der Waals surface area contributed by atoms with Crippen molar-refractivity contribution in [2.45, 2.75) is 51.3 Å². The molecule has 15 heteroatoms. The van der Waals surface area contributed by atoms with E-state index < -0.39 is 33.4 Å². The van der Waals surface area contributed by atoms with Crippen LogP contribution in [0.5, 0.6) is 0 Å². The number of amidine groups is 1. The number of nitrogens with two attached hydrogens (primary N) is 2. The van der Waals surface area contributed by atoms with Crippen molar-refractivity contribution in [3.63, 3.8) is 0 Å². The number of hydrogen-bond donors (Lipinski definition) is 6. The molecule has 0 radical (unpaired) electrons. The number of nitrogens with one attached hydrogen (secondary N) is 2. The molecule has 0 unspecified atom stereocenters. The van der Waals surface area contributed by atoms with E-state index in [1.165, 1.54) is 18.2 Å². The molecule has 252 valence electrons. The van der Waals surface area contributed by atoms with Crippen LogP contribution in [-0.4, -0.2) is 84.3 Å². The van der Waals surface area contributed by atoms with Gasteiger partial charge in [-0.25, -0.2) is 8.42 Å². The average Bonchev–Trinajstić information content (AvgIpc) is 2.96. The van der Waals surface area contributed by atoms with Crippen LogP contribution >= 0.6 is 0 Å². The second kappa shape index (κ2) is 19.0. The lowest BCUT2D eigenvalue weighted by atomic mass is 9.91. The Morgan fingerprint density at radius 2 is 1.54 bits per heavy atom. The van der Waals surface area contributed by atoms with Gasteiger partial charge in [0.25, 0.3) is 11.9 Å². The first kappa shape index (κ1) is 39.4. The predicted molar refractivity (Wildman–Crippen MR) is 172 cm³/mol. The van der Waals surface area contributed by atoms with Crippen LogP contribution in [0, 0.1) is 17.2 Å². The van der Waals surface area contributed by atoms with E-state index in [4.69, 9.17) is 36.7 Å². The molecule has 0 saturated carbocycles. The van der Waals surface area contributed by atoms with Gasteiger partial charge in [-0.3, -0.25) is 29.4 Å². The molecule has 0 aromatic heterocycles. The van der Waals surface area contributed by atoms with Crippen molar-refractivity contribution in [3.8, 4) is 0 Å². The third-order valence-corrected chi connectivity index (χ3v) is 8.53. The van der Waals surface area contributed by atoms with Crippen LogP contribution in [0.4, 0.5) is 5.69 Å². The largest absolute Gasteiger partial charge is 0.481 e. The fraction of sp³-hybridized carbons (Fsp3) is 0.419. The summed E-state index contributed by atoms with van der Waals surface area (Å²) in [6.45, 7) is 4.65. The zero-order valence-electron chi connectivity index (χ0n) is 26.2. The van der Waals surface area contributed by atoms with Gasteiger partial charge in [0.2, 0.25) is 11.8 Å². The van der Waals surface area contributed by atoms with E-state index >= 15 is 0 Å². The molecule has 1 atom stereocenters. The molecule has 1 fully saturated rings. The van der Waals surface area contributed by atoms with Crippen LogP contribution in [-0.2, 0) is 40.2 Å². The zero-order chi connectivity index (χ0) is 35.0. The molecular formula is C31H43N5O9S. The van der Waals surface area contributed by atoms with E-state index in [1.807, 2.05) is 0 Å². The number of rotatable bonds is 11. The number of nitrogens with zero attached hydrogens (tertiary/aromatic N) is 1. The van der Waals surface area contributed by atoms with Crippen LogP contribution in [0.15, 0.2) is 53.4 Å². The minimum absolute atomic E-state index is 0.00590. The van der Waals surface area contributed by atoms with Crippen LogP contribution in [0.25, 0.3) is 0 Å². The molecule has 2 aromatic rings. The predicted octanol–water partition coefficient (Wildman–Crippen LogP) is 1.90. The maximum Gasteiger partial charge on any atom is 0.300 e. The summed E-state index contributed by atoms with van der Waals surface area (Å²) in [5, 5.41) is 25.2. The summed E-state index contributed by atoms with van der Waals surface area (Å²) < 4.78 is 27.0. The van der Waals surface area contributed by atoms with Gasteiger partial charge in [0.15, 0.2) is 9.84 Å². The Balaban J connectivity index is 0.00000118. The lowest BCUT2D eigenvalue weighted by Crippen LogP contribution is -2.45. The third-order valence-electron chi connectivity index (χ3n) is 6.72. The number of benzene rings is 2. The Hall–Kier alpha value is -4.63. The second-order valence-electron chi connectivity index (χ2n) is 10.7. The molecular weight excluding hydrogens is 618 g/mol. The van der Waals surface area contributed by atoms with Gasteiger partial charge in [0.1, 0.15) is 11.6 Å². The van der Waals surface area contributed by atoms with Gasteiger partial charge in [0.05, 0.1) is 16.6 Å². The number of piperidine rings is 1. The molecule has 14 nitrogen and oxygen atoms in total. The highest BCUT2D eigenvalue weighted by atomic mass is 32.2. The maximum absolute atomic E-state index is 13.6. The normalized spacial score (nSPS) is 13.5. The van der Waals surface area contributed by atoms with Gasteiger partial charge >= 0.3 is 0 Å². The van der Waals surface area contributed by atoms with Crippen LogP contribution in [0.3, 0.4) is 0 Å². The fourth-order valence-electron chi connectivity index (χ4n) is 4.62. The first-order chi connectivity index (χ1) is 21.5. The number of ketones is 1. The highest BCUT2D eigenvalue weighted by Crippen LogP contribution is 2.25. The van der Waals surface area contributed by atoms with E-state index in [0.717, 1.165) is 13.8 Å². The van der Waals surface area contributed by atoms with Crippen molar-refractivity contribution in [2.75, 3.05) is 30.7 Å². The monoisotopic (exact) mass is 661 g/mol. The van der Waals surface area contributed by atoms with E-state index in [0.29, 0.717) is 42.7 Å². The summed E-state index contributed by atoms with van der Waals surface area (Å²) >= 11 is 0. The van der Waals surface area contributed by atoms with Gasteiger partial charge in [0, 0.05) is 57.1 Å². The smallest absolute Gasteiger partial charge is 0.300 e. The molecule has 3 rings (SSSR count). The number of sulfone groups is 1. The lowest BCUT2D eigenvalue weighted by Gasteiger charge is -2.33. The van der Waals surface area contributed by atoms with E-state index in [2.05, 4.69) is 5.32 Å². The van der Waals surface area contributed by atoms with Crippen molar-refractivity contribution >= 4 is 50.9 Å². The molecule has 1 aliphatic heterocycles. The molecule has 1 aliphatic rings. The number of hydrogen-bond acceptors (Lipinski definition) is 9. The number of nitrogen functional groups attached to an aromatic ring is 1. The highest BCUT2D eigenvalue weighted by Gasteiger charge is 2.33. The van der Waals surface area contributed by atoms with Crippen LogP contribution in [0.1, 0.15) is 51.2 Å². The van der Waals surface area contributed by atoms with Crippen LogP contribution < -0.4 is 16.8 Å². The summed E-state index contributed by atoms with van der Waals surface area (Å²) in [6, 6.07) is 12.8. The Morgan fingerprint density at radius 1 is 0.978 bits per heavy atom. The molecule has 8 N–H and O–H groups in total. The summed E-state index contributed by atoms with van der Waals surface area (Å²) in [4.78, 5) is 57.0. The number of amides is 2. The maximum atomic E-state index is 13.6. The summed E-state index contributed by atoms with van der Waals surface area (Å²) in [5.74, 6) is -3.75. The van der Waals surface area contributed by atoms with E-state index in [1.54, 1.807) is 42.2 Å². The number of anilines is 1. The molecule has 0 aliphatic carbocycles. The molecule has 0 bridgehead atoms. The van der Waals surface area contributed by atoms with Crippen molar-refractivity contribution in [1.29, 1.82) is 5.41 Å². The van der Waals surface area contributed by atoms with Gasteiger partial charge in [-0.2, -0.15) is 0 Å². The number of carboxylic acids is 2. The van der Waals surface area contributed by atoms with Crippen molar-refractivity contribution < 1.29 is 42.6 Å². The van der Waals surface area contributed by atoms with Crippen molar-refractivity contribution in [3.05, 3.63) is 59.7 Å². The third kappa shape index (κ3) is 14.4. The van der Waals surface area contributed by atoms with Gasteiger partial charge in [-0.05, 0) is 56.0 Å². The summed E-state index contributed by atoms with van der Waals surface area (Å²) in [7, 11) is -3.93. The average molecular weight is 662 g/mol. The number of carboxylic acid groups (broad SMARTS) is 2. The first-order valence-corrected chi connectivity index (χ1v) is 16.1. The molecule has 0 spiro atoms. The van der Waals surface area contributed by atoms with Crippen molar-refractivity contribution in [2.24, 2.45) is 23.3 Å². The first-order valence-electron chi connectivity index (χ1n) is 14.4. The topological polar surface area (TPSA) is 251 Å². The van der Waals surface area contributed by atoms with Gasteiger partial charge in [-0.1, -0.05) is 24.3 Å².